The van der Waals surface area contributed by atoms with Gasteiger partial charge in [-0.25, -0.2) is 25.8 Å². The average Bonchev–Trinajstić information content (AvgIpc) is 2.38. The van der Waals surface area contributed by atoms with Gasteiger partial charge in [0.05, 0.1) is 0 Å². The number of aromatic nitrogens is 4. The second kappa shape index (κ2) is 5.50. The van der Waals surface area contributed by atoms with Gasteiger partial charge in [-0.05, 0) is 17.8 Å². The van der Waals surface area contributed by atoms with Crippen molar-refractivity contribution >= 4 is 17.6 Å². The molecule has 0 amide bonds. The lowest BCUT2D eigenvalue weighted by atomic mass is 9.96. The number of anilines is 1. The van der Waals surface area contributed by atoms with Crippen LogP contribution < -0.4 is 11.3 Å². The van der Waals surface area contributed by atoms with Crippen molar-refractivity contribution in [3.63, 3.8) is 0 Å². The molecule has 6 nitrogen and oxygen atoms in total. The van der Waals surface area contributed by atoms with Crippen LogP contribution in [0, 0.1) is 0 Å². The van der Waals surface area contributed by atoms with Crippen molar-refractivity contribution in [2.45, 2.75) is 36.4 Å². The van der Waals surface area contributed by atoms with E-state index < -0.39 is 0 Å². The summed E-state index contributed by atoms with van der Waals surface area (Å²) >= 11 is 1.38. The summed E-state index contributed by atoms with van der Waals surface area (Å²) in [5.41, 5.74) is 2.41. The Balaban J connectivity index is 2.35. The Hall–Kier alpha value is -1.73. The monoisotopic (exact) mass is 276 g/mol. The number of hydrogen-bond acceptors (Lipinski definition) is 7. The molecular weight excluding hydrogens is 260 g/mol. The van der Waals surface area contributed by atoms with E-state index in [0.717, 1.165) is 10.9 Å². The molecule has 0 radical (unpaired) electrons. The highest BCUT2D eigenvalue weighted by Gasteiger charge is 2.19. The molecule has 0 aliphatic heterocycles. The highest BCUT2D eigenvalue weighted by molar-refractivity contribution is 7.99. The molecule has 2 aromatic heterocycles. The molecule has 0 saturated carbocycles. The maximum absolute atomic E-state index is 5.44. The number of nitrogens with two attached hydrogens (primary N) is 1. The predicted molar refractivity (Wildman–Crippen MR) is 74.7 cm³/mol. The molecule has 0 unspecified atom stereocenters. The van der Waals surface area contributed by atoms with E-state index in [0.29, 0.717) is 11.0 Å². The van der Waals surface area contributed by atoms with Gasteiger partial charge < -0.3 is 5.43 Å². The maximum Gasteiger partial charge on any atom is 0.193 e. The van der Waals surface area contributed by atoms with Crippen molar-refractivity contribution in [2.75, 3.05) is 5.43 Å². The van der Waals surface area contributed by atoms with Crippen molar-refractivity contribution in [3.8, 4) is 0 Å². The highest BCUT2D eigenvalue weighted by atomic mass is 32.2. The minimum atomic E-state index is -0.153. The summed E-state index contributed by atoms with van der Waals surface area (Å²) in [6.45, 7) is 6.16. The van der Waals surface area contributed by atoms with E-state index in [9.17, 15) is 0 Å². The summed E-state index contributed by atoms with van der Waals surface area (Å²) in [5, 5.41) is 1.41. The van der Waals surface area contributed by atoms with Crippen LogP contribution in [0.25, 0.3) is 0 Å². The normalized spacial score (nSPS) is 11.4. The molecule has 0 spiro atoms. The Morgan fingerprint density at radius 3 is 2.42 bits per heavy atom. The molecule has 2 rings (SSSR count). The Morgan fingerprint density at radius 1 is 1.16 bits per heavy atom. The maximum atomic E-state index is 5.44. The zero-order valence-corrected chi connectivity index (χ0v) is 11.9. The lowest BCUT2D eigenvalue weighted by Gasteiger charge is -2.18. The van der Waals surface area contributed by atoms with Gasteiger partial charge in [0.2, 0.25) is 0 Å². The first-order valence-corrected chi connectivity index (χ1v) is 6.62. The molecule has 2 aromatic rings. The van der Waals surface area contributed by atoms with Crippen molar-refractivity contribution in [2.24, 2.45) is 5.84 Å². The van der Waals surface area contributed by atoms with Crippen LogP contribution in [0.15, 0.2) is 34.7 Å². The first-order valence-electron chi connectivity index (χ1n) is 5.80. The molecule has 0 aromatic carbocycles. The van der Waals surface area contributed by atoms with Crippen LogP contribution in [0.4, 0.5) is 5.82 Å². The van der Waals surface area contributed by atoms with Crippen LogP contribution in [0.3, 0.4) is 0 Å². The first kappa shape index (κ1) is 13.7. The molecule has 2 heterocycles. The van der Waals surface area contributed by atoms with Crippen LogP contribution >= 0.6 is 11.8 Å². The lowest BCUT2D eigenvalue weighted by molar-refractivity contribution is 0.539. The van der Waals surface area contributed by atoms with Crippen molar-refractivity contribution in [1.29, 1.82) is 0 Å². The Labute approximate surface area is 116 Å². The molecule has 0 aliphatic rings. The molecule has 0 bridgehead atoms. The molecule has 0 atom stereocenters. The average molecular weight is 276 g/mol. The molecule has 0 fully saturated rings. The van der Waals surface area contributed by atoms with E-state index in [2.05, 4.69) is 46.1 Å². The zero-order valence-electron chi connectivity index (χ0n) is 11.1. The predicted octanol–water partition coefficient (Wildman–Crippen LogP) is 2.00. The smallest absolute Gasteiger partial charge is 0.193 e. The van der Waals surface area contributed by atoms with E-state index in [-0.39, 0.29) is 5.41 Å². The van der Waals surface area contributed by atoms with Crippen molar-refractivity contribution in [3.05, 3.63) is 30.4 Å². The van der Waals surface area contributed by atoms with Crippen molar-refractivity contribution < 1.29 is 0 Å². The number of hydrogen-bond donors (Lipinski definition) is 2. The summed E-state index contributed by atoms with van der Waals surface area (Å²) in [7, 11) is 0. The summed E-state index contributed by atoms with van der Waals surface area (Å²) in [5.74, 6) is 6.75. The van der Waals surface area contributed by atoms with Gasteiger partial charge in [0, 0.05) is 23.9 Å². The number of nitrogen functional groups attached to an aromatic ring is 1. The summed E-state index contributed by atoms with van der Waals surface area (Å²) in [4.78, 5) is 17.2. The van der Waals surface area contributed by atoms with E-state index in [1.54, 1.807) is 24.5 Å². The summed E-state index contributed by atoms with van der Waals surface area (Å²) in [6.07, 6.45) is 3.40. The Morgan fingerprint density at radius 2 is 1.84 bits per heavy atom. The van der Waals surface area contributed by atoms with E-state index in [1.807, 2.05) is 0 Å². The third-order valence-electron chi connectivity index (χ3n) is 2.26. The molecular formula is C12H16N6S. The number of nitrogens with one attached hydrogen (secondary N) is 1. The van der Waals surface area contributed by atoms with Gasteiger partial charge in [-0.2, -0.15) is 0 Å². The number of rotatable bonds is 3. The first-order chi connectivity index (χ1) is 8.99. The highest BCUT2D eigenvalue weighted by Crippen LogP contribution is 2.27. The number of hydrazine groups is 1. The minimum Gasteiger partial charge on any atom is -0.308 e. The largest absolute Gasteiger partial charge is 0.308 e. The van der Waals surface area contributed by atoms with Gasteiger partial charge in [0.25, 0.3) is 0 Å². The molecule has 7 heteroatoms. The second-order valence-electron chi connectivity index (χ2n) is 4.94. The third kappa shape index (κ3) is 3.62. The molecule has 0 saturated heterocycles. The van der Waals surface area contributed by atoms with Gasteiger partial charge in [-0.3, -0.25) is 0 Å². The zero-order chi connectivity index (χ0) is 13.9. The van der Waals surface area contributed by atoms with Gasteiger partial charge in [0.1, 0.15) is 16.7 Å². The summed E-state index contributed by atoms with van der Waals surface area (Å²) < 4.78 is 0. The van der Waals surface area contributed by atoms with E-state index in [4.69, 9.17) is 5.84 Å². The standard InChI is InChI=1S/C12H16N6S/c1-12(2,3)10-16-8(18-13)7-9(17-10)19-11-14-5-4-6-15-11/h4-7H,13H2,1-3H3,(H,16,17,18). The quantitative estimate of drug-likeness (QED) is 0.383. The van der Waals surface area contributed by atoms with Crippen LogP contribution in [0.2, 0.25) is 0 Å². The molecule has 3 N–H and O–H groups in total. The number of nitrogens with zero attached hydrogens (tertiary/aromatic N) is 4. The fraction of sp³-hybridized carbons (Fsp3) is 0.333. The fourth-order valence-electron chi connectivity index (χ4n) is 1.32. The van der Waals surface area contributed by atoms with Gasteiger partial charge in [-0.15, -0.1) is 0 Å². The third-order valence-corrected chi connectivity index (χ3v) is 3.07. The van der Waals surface area contributed by atoms with Gasteiger partial charge >= 0.3 is 0 Å². The van der Waals surface area contributed by atoms with Crippen LogP contribution in [0.5, 0.6) is 0 Å². The van der Waals surface area contributed by atoms with E-state index >= 15 is 0 Å². The molecule has 19 heavy (non-hydrogen) atoms. The SMILES string of the molecule is CC(C)(C)c1nc(NN)cc(Sc2ncccn2)n1. The van der Waals surface area contributed by atoms with E-state index in [1.165, 1.54) is 11.8 Å². The topological polar surface area (TPSA) is 89.6 Å². The van der Waals surface area contributed by atoms with Crippen molar-refractivity contribution in [1.82, 2.24) is 19.9 Å². The second-order valence-corrected chi connectivity index (χ2v) is 5.93. The molecule has 0 aliphatic carbocycles. The summed E-state index contributed by atoms with van der Waals surface area (Å²) in [6, 6.07) is 3.55. The Bertz CT molecular complexity index is 552. The van der Waals surface area contributed by atoms with Crippen LogP contribution in [-0.4, -0.2) is 19.9 Å². The fourth-order valence-corrected chi connectivity index (χ4v) is 2.04. The lowest BCUT2D eigenvalue weighted by Crippen LogP contribution is -2.19. The van der Waals surface area contributed by atoms with Crippen LogP contribution in [0.1, 0.15) is 26.6 Å². The minimum absolute atomic E-state index is 0.153. The Kier molecular flexibility index (Phi) is 3.96. The van der Waals surface area contributed by atoms with Crippen LogP contribution in [-0.2, 0) is 5.41 Å². The molecule has 100 valence electrons. The van der Waals surface area contributed by atoms with Gasteiger partial charge in [0.15, 0.2) is 5.16 Å². The van der Waals surface area contributed by atoms with Gasteiger partial charge in [-0.1, -0.05) is 20.8 Å².